The fourth-order valence-corrected chi connectivity index (χ4v) is 2.08. The van der Waals surface area contributed by atoms with E-state index in [1.54, 1.807) is 6.07 Å². The van der Waals surface area contributed by atoms with Gasteiger partial charge in [-0.3, -0.25) is 4.79 Å². The molecule has 0 radical (unpaired) electrons. The van der Waals surface area contributed by atoms with Crippen LogP contribution in [-0.2, 0) is 4.79 Å². The number of aromatic carboxylic acids is 1. The van der Waals surface area contributed by atoms with Crippen molar-refractivity contribution in [3.8, 4) is 0 Å². The highest BCUT2D eigenvalue weighted by Gasteiger charge is 2.33. The summed E-state index contributed by atoms with van der Waals surface area (Å²) in [6.45, 7) is 3.95. The zero-order valence-electron chi connectivity index (χ0n) is 9.15. The van der Waals surface area contributed by atoms with Crippen LogP contribution in [0.4, 0.5) is 5.69 Å². The van der Waals surface area contributed by atoms with Gasteiger partial charge in [0.2, 0.25) is 5.91 Å². The maximum atomic E-state index is 11.7. The lowest BCUT2D eigenvalue weighted by Crippen LogP contribution is -2.16. The van der Waals surface area contributed by atoms with Crippen molar-refractivity contribution in [3.05, 3.63) is 29.3 Å². The topological polar surface area (TPSA) is 66.4 Å². The Bertz CT molecular complexity index is 465. The molecule has 16 heavy (non-hydrogen) atoms. The molecule has 0 aliphatic carbocycles. The van der Waals surface area contributed by atoms with Gasteiger partial charge in [0.1, 0.15) is 0 Å². The van der Waals surface area contributed by atoms with Gasteiger partial charge < -0.3 is 10.4 Å². The van der Waals surface area contributed by atoms with Crippen LogP contribution in [0.25, 0.3) is 0 Å². The molecule has 0 saturated heterocycles. The van der Waals surface area contributed by atoms with Gasteiger partial charge in [0, 0.05) is 5.69 Å². The van der Waals surface area contributed by atoms with E-state index >= 15 is 0 Å². The van der Waals surface area contributed by atoms with Crippen LogP contribution >= 0.6 is 0 Å². The second-order valence-corrected chi connectivity index (χ2v) is 4.32. The fourth-order valence-electron chi connectivity index (χ4n) is 2.08. The summed E-state index contributed by atoms with van der Waals surface area (Å²) in [5.74, 6) is -0.993. The Morgan fingerprint density at radius 1 is 1.44 bits per heavy atom. The third-order valence-electron chi connectivity index (χ3n) is 2.84. The SMILES string of the molecule is CC(C)C1C(=O)Nc2cc(C(=O)O)ccc21. The Balaban J connectivity index is 2.46. The number of carboxylic acids is 1. The summed E-state index contributed by atoms with van der Waals surface area (Å²) in [4.78, 5) is 22.5. The molecule has 0 saturated carbocycles. The highest BCUT2D eigenvalue weighted by Crippen LogP contribution is 2.37. The molecule has 2 N–H and O–H groups in total. The van der Waals surface area contributed by atoms with Crippen LogP contribution in [-0.4, -0.2) is 17.0 Å². The van der Waals surface area contributed by atoms with Gasteiger partial charge in [-0.1, -0.05) is 19.9 Å². The van der Waals surface area contributed by atoms with Crippen LogP contribution < -0.4 is 5.32 Å². The molecule has 1 unspecified atom stereocenters. The Kier molecular flexibility index (Phi) is 2.42. The van der Waals surface area contributed by atoms with Crippen LogP contribution in [0.3, 0.4) is 0 Å². The molecule has 0 bridgehead atoms. The van der Waals surface area contributed by atoms with Crippen molar-refractivity contribution < 1.29 is 14.7 Å². The van der Waals surface area contributed by atoms with Crippen molar-refractivity contribution in [2.45, 2.75) is 19.8 Å². The smallest absolute Gasteiger partial charge is 0.335 e. The number of carboxylic acid groups (broad SMARTS) is 1. The molecule has 4 heteroatoms. The summed E-state index contributed by atoms with van der Waals surface area (Å²) in [6, 6.07) is 4.77. The maximum absolute atomic E-state index is 11.7. The first kappa shape index (κ1) is 10.7. The molecule has 1 heterocycles. The van der Waals surface area contributed by atoms with Crippen molar-refractivity contribution in [2.75, 3.05) is 5.32 Å². The molecular formula is C12H13NO3. The van der Waals surface area contributed by atoms with E-state index in [0.29, 0.717) is 5.69 Å². The van der Waals surface area contributed by atoms with Crippen LogP contribution in [0.2, 0.25) is 0 Å². The predicted molar refractivity (Wildman–Crippen MR) is 59.6 cm³/mol. The van der Waals surface area contributed by atoms with Crippen molar-refractivity contribution in [3.63, 3.8) is 0 Å². The van der Waals surface area contributed by atoms with E-state index in [1.165, 1.54) is 12.1 Å². The Hall–Kier alpha value is -1.84. The zero-order valence-corrected chi connectivity index (χ0v) is 9.15. The summed E-state index contributed by atoms with van der Waals surface area (Å²) >= 11 is 0. The van der Waals surface area contributed by atoms with Crippen molar-refractivity contribution >= 4 is 17.6 Å². The van der Waals surface area contributed by atoms with Gasteiger partial charge in [-0.25, -0.2) is 4.79 Å². The molecule has 1 aliphatic heterocycles. The zero-order chi connectivity index (χ0) is 11.9. The van der Waals surface area contributed by atoms with Crippen LogP contribution in [0.15, 0.2) is 18.2 Å². The predicted octanol–water partition coefficient (Wildman–Crippen LogP) is 2.08. The quantitative estimate of drug-likeness (QED) is 0.800. The first-order valence-corrected chi connectivity index (χ1v) is 5.19. The summed E-state index contributed by atoms with van der Waals surface area (Å²) in [7, 11) is 0. The Morgan fingerprint density at radius 2 is 2.12 bits per heavy atom. The summed E-state index contributed by atoms with van der Waals surface area (Å²) in [5.41, 5.74) is 1.72. The second-order valence-electron chi connectivity index (χ2n) is 4.32. The van der Waals surface area contributed by atoms with Gasteiger partial charge in [0.15, 0.2) is 0 Å². The molecule has 1 aliphatic rings. The number of hydrogen-bond donors (Lipinski definition) is 2. The third kappa shape index (κ3) is 1.56. The number of rotatable bonds is 2. The van der Waals surface area contributed by atoms with Gasteiger partial charge in [-0.05, 0) is 23.6 Å². The average molecular weight is 219 g/mol. The minimum atomic E-state index is -0.981. The normalized spacial score (nSPS) is 18.4. The van der Waals surface area contributed by atoms with E-state index in [9.17, 15) is 9.59 Å². The van der Waals surface area contributed by atoms with Crippen LogP contribution in [0, 0.1) is 5.92 Å². The van der Waals surface area contributed by atoms with E-state index in [-0.39, 0.29) is 23.3 Å². The first-order chi connectivity index (χ1) is 7.50. The highest BCUT2D eigenvalue weighted by atomic mass is 16.4. The number of carbonyl (C=O) groups is 2. The molecule has 1 atom stereocenters. The van der Waals surface area contributed by atoms with Gasteiger partial charge in [-0.2, -0.15) is 0 Å². The number of carbonyl (C=O) groups excluding carboxylic acids is 1. The number of hydrogen-bond acceptors (Lipinski definition) is 2. The molecule has 0 fully saturated rings. The molecule has 0 spiro atoms. The van der Waals surface area contributed by atoms with E-state index in [0.717, 1.165) is 5.56 Å². The maximum Gasteiger partial charge on any atom is 0.335 e. The largest absolute Gasteiger partial charge is 0.478 e. The van der Waals surface area contributed by atoms with Crippen molar-refractivity contribution in [1.82, 2.24) is 0 Å². The van der Waals surface area contributed by atoms with Gasteiger partial charge in [0.25, 0.3) is 0 Å². The Labute approximate surface area is 93.3 Å². The summed E-state index contributed by atoms with van der Waals surface area (Å²) in [6.07, 6.45) is 0. The molecule has 1 amide bonds. The molecule has 1 aromatic rings. The van der Waals surface area contributed by atoms with E-state index in [4.69, 9.17) is 5.11 Å². The van der Waals surface area contributed by atoms with Gasteiger partial charge in [-0.15, -0.1) is 0 Å². The number of anilines is 1. The lowest BCUT2D eigenvalue weighted by Gasteiger charge is -2.12. The fraction of sp³-hybridized carbons (Fsp3) is 0.333. The number of nitrogens with one attached hydrogen (secondary N) is 1. The molecule has 2 rings (SSSR count). The Morgan fingerprint density at radius 3 is 2.69 bits per heavy atom. The lowest BCUT2D eigenvalue weighted by molar-refractivity contribution is -0.117. The molecule has 1 aromatic carbocycles. The summed E-state index contributed by atoms with van der Waals surface area (Å²) in [5, 5.41) is 11.6. The van der Waals surface area contributed by atoms with Crippen LogP contribution in [0.1, 0.15) is 35.7 Å². The number of fused-ring (bicyclic) bond motifs is 1. The average Bonchev–Trinajstić information content (AvgIpc) is 2.51. The molecule has 0 aromatic heterocycles. The van der Waals surface area contributed by atoms with Crippen molar-refractivity contribution in [1.29, 1.82) is 0 Å². The lowest BCUT2D eigenvalue weighted by atomic mass is 9.89. The minimum Gasteiger partial charge on any atom is -0.478 e. The molecular weight excluding hydrogens is 206 g/mol. The number of benzene rings is 1. The standard InChI is InChI=1S/C12H13NO3/c1-6(2)10-8-4-3-7(12(15)16)5-9(8)13-11(10)14/h3-6,10H,1-2H3,(H,13,14)(H,15,16). The van der Waals surface area contributed by atoms with E-state index < -0.39 is 5.97 Å². The highest BCUT2D eigenvalue weighted by molar-refractivity contribution is 6.04. The van der Waals surface area contributed by atoms with Crippen LogP contribution in [0.5, 0.6) is 0 Å². The summed E-state index contributed by atoms with van der Waals surface area (Å²) < 4.78 is 0. The minimum absolute atomic E-state index is 0.0486. The van der Waals surface area contributed by atoms with E-state index in [1.807, 2.05) is 13.8 Å². The first-order valence-electron chi connectivity index (χ1n) is 5.19. The third-order valence-corrected chi connectivity index (χ3v) is 2.84. The molecule has 4 nitrogen and oxygen atoms in total. The second kappa shape index (κ2) is 3.63. The monoisotopic (exact) mass is 219 g/mol. The number of amides is 1. The van der Waals surface area contributed by atoms with Gasteiger partial charge >= 0.3 is 5.97 Å². The van der Waals surface area contributed by atoms with Crippen molar-refractivity contribution in [2.24, 2.45) is 5.92 Å². The molecule has 84 valence electrons. The van der Waals surface area contributed by atoms with Gasteiger partial charge in [0.05, 0.1) is 11.5 Å². The van der Waals surface area contributed by atoms with E-state index in [2.05, 4.69) is 5.32 Å².